The summed E-state index contributed by atoms with van der Waals surface area (Å²) in [5, 5.41) is 0. The Kier molecular flexibility index (Phi) is 5.62. The van der Waals surface area contributed by atoms with Gasteiger partial charge in [-0.3, -0.25) is 0 Å². The Balaban J connectivity index is 2.47. The van der Waals surface area contributed by atoms with E-state index in [1.165, 1.54) is 18.9 Å². The van der Waals surface area contributed by atoms with Gasteiger partial charge in [0.2, 0.25) is 0 Å². The van der Waals surface area contributed by atoms with Gasteiger partial charge in [-0.15, -0.1) is 0 Å². The minimum Gasteiger partial charge on any atom is -0.417 e. The van der Waals surface area contributed by atoms with Crippen LogP contribution in [0, 0.1) is 0 Å². The summed E-state index contributed by atoms with van der Waals surface area (Å²) in [4.78, 5) is 0. The molecular weight excluding hydrogens is 240 g/mol. The number of rotatable bonds is 6. The van der Waals surface area contributed by atoms with Crippen LogP contribution in [0.4, 0.5) is 0 Å². The van der Waals surface area contributed by atoms with Crippen molar-refractivity contribution in [2.45, 2.75) is 37.5 Å². The van der Waals surface area contributed by atoms with Crippen LogP contribution in [0.5, 0.6) is 0 Å². The van der Waals surface area contributed by atoms with Crippen molar-refractivity contribution in [1.82, 2.24) is 0 Å². The summed E-state index contributed by atoms with van der Waals surface area (Å²) >= 11 is 0. The van der Waals surface area contributed by atoms with Crippen LogP contribution >= 0.6 is 0 Å². The highest BCUT2D eigenvalue weighted by Crippen LogP contribution is 2.30. The normalized spacial score (nSPS) is 27.0. The SMILES string of the molecule is CO[Si](CC[Si]1(C)CCCCO1)(OC)OC. The Morgan fingerprint density at radius 1 is 1.12 bits per heavy atom. The number of hydrogen-bond donors (Lipinski definition) is 0. The maximum atomic E-state index is 5.99. The third-order valence-corrected chi connectivity index (χ3v) is 10.3. The lowest BCUT2D eigenvalue weighted by atomic mass is 10.4. The molecular formula is C10H24O4Si2. The summed E-state index contributed by atoms with van der Waals surface area (Å²) in [6, 6.07) is 3.21. The minimum atomic E-state index is -2.39. The van der Waals surface area contributed by atoms with E-state index < -0.39 is 17.1 Å². The molecule has 0 bridgehead atoms. The summed E-state index contributed by atoms with van der Waals surface area (Å²) in [6.45, 7) is 3.25. The maximum Gasteiger partial charge on any atom is 0.499 e. The first-order valence-corrected chi connectivity index (χ1v) is 10.6. The molecule has 6 heteroatoms. The van der Waals surface area contributed by atoms with Gasteiger partial charge in [0, 0.05) is 34.0 Å². The lowest BCUT2D eigenvalue weighted by Gasteiger charge is -2.34. The molecule has 4 nitrogen and oxygen atoms in total. The van der Waals surface area contributed by atoms with E-state index in [1.807, 2.05) is 0 Å². The van der Waals surface area contributed by atoms with Gasteiger partial charge in [-0.25, -0.2) is 0 Å². The largest absolute Gasteiger partial charge is 0.499 e. The summed E-state index contributed by atoms with van der Waals surface area (Å²) in [6.07, 6.45) is 2.52. The van der Waals surface area contributed by atoms with E-state index in [2.05, 4.69) is 6.55 Å². The van der Waals surface area contributed by atoms with Gasteiger partial charge >= 0.3 is 8.80 Å². The van der Waals surface area contributed by atoms with Gasteiger partial charge < -0.3 is 17.7 Å². The van der Waals surface area contributed by atoms with Crippen molar-refractivity contribution in [3.63, 3.8) is 0 Å². The average molecular weight is 264 g/mol. The zero-order chi connectivity index (χ0) is 12.1. The van der Waals surface area contributed by atoms with Crippen LogP contribution in [-0.4, -0.2) is 45.1 Å². The first-order valence-electron chi connectivity index (χ1n) is 5.89. The molecule has 1 aliphatic heterocycles. The molecule has 1 atom stereocenters. The van der Waals surface area contributed by atoms with Crippen molar-refractivity contribution in [2.75, 3.05) is 27.9 Å². The molecule has 0 radical (unpaired) electrons. The van der Waals surface area contributed by atoms with Crippen LogP contribution < -0.4 is 0 Å². The van der Waals surface area contributed by atoms with Gasteiger partial charge in [0.15, 0.2) is 8.32 Å². The topological polar surface area (TPSA) is 36.9 Å². The highest BCUT2D eigenvalue weighted by atomic mass is 28.4. The quantitative estimate of drug-likeness (QED) is 0.690. The molecule has 96 valence electrons. The molecule has 1 saturated heterocycles. The second kappa shape index (κ2) is 6.27. The standard InChI is InChI=1S/C10H24O4Si2/c1-11-16(12-2,13-3)10-9-15(4)8-6-5-7-14-15/h5-10H2,1-4H3. The molecule has 0 spiro atoms. The molecule has 0 amide bonds. The zero-order valence-corrected chi connectivity index (χ0v) is 12.9. The van der Waals surface area contributed by atoms with Gasteiger partial charge in [0.25, 0.3) is 0 Å². The Labute approximate surface area is 101 Å². The van der Waals surface area contributed by atoms with Gasteiger partial charge in [-0.2, -0.15) is 0 Å². The second-order valence-corrected chi connectivity index (χ2v) is 11.8. The summed E-state index contributed by atoms with van der Waals surface area (Å²) in [7, 11) is 1.12. The Morgan fingerprint density at radius 2 is 1.75 bits per heavy atom. The van der Waals surface area contributed by atoms with Crippen molar-refractivity contribution < 1.29 is 17.7 Å². The van der Waals surface area contributed by atoms with E-state index in [-0.39, 0.29) is 0 Å². The van der Waals surface area contributed by atoms with Crippen LogP contribution in [0.25, 0.3) is 0 Å². The van der Waals surface area contributed by atoms with E-state index in [4.69, 9.17) is 17.7 Å². The van der Waals surface area contributed by atoms with Crippen molar-refractivity contribution in [3.05, 3.63) is 0 Å². The average Bonchev–Trinajstić information content (AvgIpc) is 2.33. The molecule has 1 fully saturated rings. The molecule has 0 N–H and O–H groups in total. The fourth-order valence-corrected chi connectivity index (χ4v) is 8.79. The summed E-state index contributed by atoms with van der Waals surface area (Å²) in [5.41, 5.74) is 0. The van der Waals surface area contributed by atoms with Crippen LogP contribution in [0.2, 0.25) is 24.7 Å². The van der Waals surface area contributed by atoms with E-state index in [9.17, 15) is 0 Å². The number of hydrogen-bond acceptors (Lipinski definition) is 4. The minimum absolute atomic E-state index is 0.874. The zero-order valence-electron chi connectivity index (χ0n) is 10.9. The summed E-state index contributed by atoms with van der Waals surface area (Å²) in [5.74, 6) is 0. The molecule has 16 heavy (non-hydrogen) atoms. The molecule has 1 rings (SSSR count). The predicted octanol–water partition coefficient (Wildman–Crippen LogP) is 2.25. The third kappa shape index (κ3) is 3.64. The molecule has 1 heterocycles. The fourth-order valence-electron chi connectivity index (χ4n) is 2.16. The monoisotopic (exact) mass is 264 g/mol. The maximum absolute atomic E-state index is 5.99. The van der Waals surface area contributed by atoms with E-state index in [0.29, 0.717) is 0 Å². The molecule has 1 aliphatic rings. The first-order chi connectivity index (χ1) is 7.60. The van der Waals surface area contributed by atoms with Crippen LogP contribution in [0.15, 0.2) is 0 Å². The van der Waals surface area contributed by atoms with E-state index >= 15 is 0 Å². The first kappa shape index (κ1) is 14.3. The smallest absolute Gasteiger partial charge is 0.417 e. The summed E-state index contributed by atoms with van der Waals surface area (Å²) < 4.78 is 22.3. The highest BCUT2D eigenvalue weighted by molar-refractivity contribution is 6.74. The van der Waals surface area contributed by atoms with Crippen molar-refractivity contribution in [2.24, 2.45) is 0 Å². The highest BCUT2D eigenvalue weighted by Gasteiger charge is 2.42. The molecule has 0 aromatic carbocycles. The molecule has 0 aromatic heterocycles. The van der Waals surface area contributed by atoms with Crippen LogP contribution in [0.1, 0.15) is 12.8 Å². The van der Waals surface area contributed by atoms with Crippen molar-refractivity contribution in [3.8, 4) is 0 Å². The fraction of sp³-hybridized carbons (Fsp3) is 1.00. The predicted molar refractivity (Wildman–Crippen MR) is 68.0 cm³/mol. The Morgan fingerprint density at radius 3 is 2.19 bits per heavy atom. The second-order valence-electron chi connectivity index (χ2n) is 4.55. The lowest BCUT2D eigenvalue weighted by molar-refractivity contribution is 0.124. The van der Waals surface area contributed by atoms with Crippen LogP contribution in [-0.2, 0) is 17.7 Å². The van der Waals surface area contributed by atoms with Gasteiger partial charge in [0.1, 0.15) is 0 Å². The van der Waals surface area contributed by atoms with Crippen LogP contribution in [0.3, 0.4) is 0 Å². The molecule has 0 aromatic rings. The molecule has 1 unspecified atom stereocenters. The lowest BCUT2D eigenvalue weighted by Crippen LogP contribution is -2.46. The third-order valence-electron chi connectivity index (χ3n) is 3.44. The Hall–Kier alpha value is 0.274. The van der Waals surface area contributed by atoms with Gasteiger partial charge in [-0.05, 0) is 25.1 Å². The van der Waals surface area contributed by atoms with Crippen molar-refractivity contribution >= 4 is 17.1 Å². The van der Waals surface area contributed by atoms with E-state index in [1.54, 1.807) is 21.3 Å². The Bertz CT molecular complexity index is 195. The molecule has 0 saturated carbocycles. The van der Waals surface area contributed by atoms with E-state index in [0.717, 1.165) is 18.7 Å². The molecule has 0 aliphatic carbocycles. The van der Waals surface area contributed by atoms with Gasteiger partial charge in [0.05, 0.1) is 0 Å². The van der Waals surface area contributed by atoms with Gasteiger partial charge in [-0.1, -0.05) is 6.42 Å². The van der Waals surface area contributed by atoms with Crippen molar-refractivity contribution in [1.29, 1.82) is 0 Å².